The summed E-state index contributed by atoms with van der Waals surface area (Å²) in [5, 5.41) is 13.3. The Kier molecular flexibility index (Phi) is 4.49. The lowest BCUT2D eigenvalue weighted by molar-refractivity contribution is -0.384. The third-order valence-corrected chi connectivity index (χ3v) is 3.09. The van der Waals surface area contributed by atoms with Crippen LogP contribution in [0.2, 0.25) is 0 Å². The van der Waals surface area contributed by atoms with Crippen molar-refractivity contribution in [2.75, 3.05) is 12.4 Å². The maximum Gasteiger partial charge on any atom is 0.274 e. The molecule has 0 aliphatic heterocycles. The average Bonchev–Trinajstić information content (AvgIpc) is 2.47. The molecule has 1 aromatic carbocycles. The van der Waals surface area contributed by atoms with Gasteiger partial charge < -0.3 is 10.1 Å². The summed E-state index contributed by atoms with van der Waals surface area (Å²) < 4.78 is 5.77. The van der Waals surface area contributed by atoms with Gasteiger partial charge in [-0.3, -0.25) is 19.9 Å². The molecule has 8 heteroatoms. The molecule has 1 heterocycles. The minimum atomic E-state index is -0.538. The molecule has 1 aromatic heterocycles. The molecular weight excluding hydrogens is 342 g/mol. The quantitative estimate of drug-likeness (QED) is 0.674. The Bertz CT molecular complexity index is 706. The Balaban J connectivity index is 2.27. The first-order valence-corrected chi connectivity index (χ1v) is 6.56. The number of carbonyl (C=O) groups is 1. The first-order valence-electron chi connectivity index (χ1n) is 5.76. The van der Waals surface area contributed by atoms with Crippen molar-refractivity contribution < 1.29 is 14.5 Å². The number of benzene rings is 1. The van der Waals surface area contributed by atoms with Crippen LogP contribution < -0.4 is 10.1 Å². The summed E-state index contributed by atoms with van der Waals surface area (Å²) in [5.41, 5.74) is 0.421. The number of amides is 1. The number of hydrogen-bond donors (Lipinski definition) is 1. The van der Waals surface area contributed by atoms with Gasteiger partial charge in [0.15, 0.2) is 0 Å². The first kappa shape index (κ1) is 14.9. The largest absolute Gasteiger partial charge is 0.494 e. The van der Waals surface area contributed by atoms with Gasteiger partial charge in [-0.15, -0.1) is 0 Å². The second-order valence-electron chi connectivity index (χ2n) is 3.96. The normalized spacial score (nSPS) is 10.0. The summed E-state index contributed by atoms with van der Waals surface area (Å²) in [6.07, 6.45) is 1.49. The Hall–Kier alpha value is -2.48. The van der Waals surface area contributed by atoms with Gasteiger partial charge in [0.05, 0.1) is 23.8 Å². The summed E-state index contributed by atoms with van der Waals surface area (Å²) in [4.78, 5) is 26.2. The molecule has 0 unspecified atom stereocenters. The molecule has 0 fully saturated rings. The van der Waals surface area contributed by atoms with Crippen LogP contribution in [0.1, 0.15) is 10.5 Å². The molecule has 7 nitrogen and oxygen atoms in total. The lowest BCUT2D eigenvalue weighted by Crippen LogP contribution is -2.14. The molecule has 0 saturated carbocycles. The van der Waals surface area contributed by atoms with Crippen LogP contribution in [0.15, 0.2) is 41.0 Å². The van der Waals surface area contributed by atoms with E-state index < -0.39 is 10.8 Å². The van der Waals surface area contributed by atoms with Crippen LogP contribution in [0.3, 0.4) is 0 Å². The number of non-ortho nitro benzene ring substituents is 1. The monoisotopic (exact) mass is 351 g/mol. The molecule has 0 radical (unpaired) electrons. The lowest BCUT2D eigenvalue weighted by atomic mass is 10.2. The number of nitrogens with zero attached hydrogens (tertiary/aromatic N) is 2. The zero-order chi connectivity index (χ0) is 15.4. The maximum absolute atomic E-state index is 12.1. The predicted molar refractivity (Wildman–Crippen MR) is 79.5 cm³/mol. The van der Waals surface area contributed by atoms with E-state index in [9.17, 15) is 14.9 Å². The van der Waals surface area contributed by atoms with Crippen molar-refractivity contribution in [2.45, 2.75) is 0 Å². The number of aromatic nitrogens is 1. The molecule has 2 rings (SSSR count). The zero-order valence-electron chi connectivity index (χ0n) is 10.9. The third kappa shape index (κ3) is 3.54. The van der Waals surface area contributed by atoms with E-state index in [1.165, 1.54) is 31.5 Å². The van der Waals surface area contributed by atoms with Crippen LogP contribution >= 0.6 is 15.9 Å². The zero-order valence-corrected chi connectivity index (χ0v) is 12.5. The number of halogens is 1. The molecule has 108 valence electrons. The van der Waals surface area contributed by atoms with E-state index in [1.54, 1.807) is 12.1 Å². The molecular formula is C13H10BrN3O4. The summed E-state index contributed by atoms with van der Waals surface area (Å²) in [7, 11) is 1.37. The van der Waals surface area contributed by atoms with Crippen LogP contribution in [-0.4, -0.2) is 22.9 Å². The number of anilines is 1. The Morgan fingerprint density at radius 2 is 2.14 bits per heavy atom. The number of pyridine rings is 1. The molecule has 21 heavy (non-hydrogen) atoms. The highest BCUT2D eigenvalue weighted by atomic mass is 79.9. The van der Waals surface area contributed by atoms with E-state index in [0.717, 1.165) is 4.47 Å². The fourth-order valence-corrected chi connectivity index (χ4v) is 1.95. The highest BCUT2D eigenvalue weighted by Gasteiger charge is 2.15. The van der Waals surface area contributed by atoms with Gasteiger partial charge in [0.25, 0.3) is 11.6 Å². The van der Waals surface area contributed by atoms with Gasteiger partial charge in [-0.1, -0.05) is 15.9 Å². The number of nitro benzene ring substituents is 1. The predicted octanol–water partition coefficient (Wildman–Crippen LogP) is 3.01. The fourth-order valence-electron chi connectivity index (χ4n) is 1.61. The Morgan fingerprint density at radius 1 is 1.38 bits per heavy atom. The first-order chi connectivity index (χ1) is 10.0. The summed E-state index contributed by atoms with van der Waals surface area (Å²) in [6.45, 7) is 0. The minimum absolute atomic E-state index is 0.120. The van der Waals surface area contributed by atoms with Crippen LogP contribution in [0.25, 0.3) is 0 Å². The SMILES string of the molecule is COc1cc([N+](=O)[O-])ccc1NC(=O)c1cc(Br)ccn1. The van der Waals surface area contributed by atoms with E-state index in [1.807, 2.05) is 0 Å². The number of ether oxygens (including phenoxy) is 1. The van der Waals surface area contributed by atoms with Gasteiger partial charge in [0.2, 0.25) is 0 Å². The van der Waals surface area contributed by atoms with Crippen molar-refractivity contribution in [2.24, 2.45) is 0 Å². The molecule has 0 saturated heterocycles. The molecule has 0 aliphatic rings. The summed E-state index contributed by atoms with van der Waals surface area (Å²) >= 11 is 3.25. The van der Waals surface area contributed by atoms with E-state index >= 15 is 0 Å². The fraction of sp³-hybridized carbons (Fsp3) is 0.0769. The number of hydrogen-bond acceptors (Lipinski definition) is 5. The number of nitro groups is 1. The van der Waals surface area contributed by atoms with E-state index in [-0.39, 0.29) is 17.1 Å². The highest BCUT2D eigenvalue weighted by molar-refractivity contribution is 9.10. The van der Waals surface area contributed by atoms with Crippen molar-refractivity contribution >= 4 is 33.2 Å². The van der Waals surface area contributed by atoms with Gasteiger partial charge in [-0.25, -0.2) is 0 Å². The Morgan fingerprint density at radius 3 is 2.76 bits per heavy atom. The van der Waals surface area contributed by atoms with E-state index in [2.05, 4.69) is 26.2 Å². The lowest BCUT2D eigenvalue weighted by Gasteiger charge is -2.09. The van der Waals surface area contributed by atoms with Crippen molar-refractivity contribution in [3.05, 3.63) is 56.8 Å². The smallest absolute Gasteiger partial charge is 0.274 e. The maximum atomic E-state index is 12.1. The minimum Gasteiger partial charge on any atom is -0.494 e. The van der Waals surface area contributed by atoms with Crippen molar-refractivity contribution in [3.8, 4) is 5.75 Å². The van der Waals surface area contributed by atoms with Gasteiger partial charge in [-0.05, 0) is 18.2 Å². The molecule has 0 atom stereocenters. The van der Waals surface area contributed by atoms with Gasteiger partial charge >= 0.3 is 0 Å². The van der Waals surface area contributed by atoms with Crippen LogP contribution in [0.5, 0.6) is 5.75 Å². The second-order valence-corrected chi connectivity index (χ2v) is 4.87. The number of carbonyl (C=O) groups excluding carboxylic acids is 1. The van der Waals surface area contributed by atoms with Crippen LogP contribution in [0.4, 0.5) is 11.4 Å². The number of nitrogens with one attached hydrogen (secondary N) is 1. The molecule has 1 amide bonds. The topological polar surface area (TPSA) is 94.4 Å². The van der Waals surface area contributed by atoms with E-state index in [4.69, 9.17) is 4.74 Å². The van der Waals surface area contributed by atoms with Crippen molar-refractivity contribution in [1.29, 1.82) is 0 Å². The summed E-state index contributed by atoms with van der Waals surface area (Å²) in [5.74, 6) is -0.240. The molecule has 0 bridgehead atoms. The van der Waals surface area contributed by atoms with Gasteiger partial charge in [0, 0.05) is 16.7 Å². The van der Waals surface area contributed by atoms with Gasteiger partial charge in [-0.2, -0.15) is 0 Å². The highest BCUT2D eigenvalue weighted by Crippen LogP contribution is 2.29. The van der Waals surface area contributed by atoms with Crippen molar-refractivity contribution in [1.82, 2.24) is 4.98 Å². The van der Waals surface area contributed by atoms with Gasteiger partial charge in [0.1, 0.15) is 11.4 Å². The Labute approximate surface area is 128 Å². The number of methoxy groups -OCH3 is 1. The van der Waals surface area contributed by atoms with Crippen LogP contribution in [0, 0.1) is 10.1 Å². The molecule has 0 aliphatic carbocycles. The standard InChI is InChI=1S/C13H10BrN3O4/c1-21-12-7-9(17(19)20)2-3-10(12)16-13(18)11-6-8(14)4-5-15-11/h2-7H,1H3,(H,16,18). The molecule has 0 spiro atoms. The third-order valence-electron chi connectivity index (χ3n) is 2.60. The van der Waals surface area contributed by atoms with Crippen molar-refractivity contribution in [3.63, 3.8) is 0 Å². The molecule has 1 N–H and O–H groups in total. The second kappa shape index (κ2) is 6.31. The number of rotatable bonds is 4. The van der Waals surface area contributed by atoms with E-state index in [0.29, 0.717) is 5.69 Å². The van der Waals surface area contributed by atoms with Crippen LogP contribution in [-0.2, 0) is 0 Å². The summed E-state index contributed by atoms with van der Waals surface area (Å²) in [6, 6.07) is 7.19. The average molecular weight is 352 g/mol. The molecule has 2 aromatic rings.